The Kier molecular flexibility index (Phi) is 7.96. The first-order valence-corrected chi connectivity index (χ1v) is 10.3. The van der Waals surface area contributed by atoms with Gasteiger partial charge in [-0.2, -0.15) is 0 Å². The second kappa shape index (κ2) is 11.3. The summed E-state index contributed by atoms with van der Waals surface area (Å²) in [5.41, 5.74) is 1.72. The van der Waals surface area contributed by atoms with Crippen molar-refractivity contribution in [2.24, 2.45) is 0 Å². The zero-order chi connectivity index (χ0) is 24.5. The number of nitrogens with one attached hydrogen (secondary N) is 2. The van der Waals surface area contributed by atoms with Crippen molar-refractivity contribution in [3.05, 3.63) is 83.9 Å². The molecule has 0 radical (unpaired) electrons. The zero-order valence-electron chi connectivity index (χ0n) is 18.5. The molecule has 34 heavy (non-hydrogen) atoms. The van der Waals surface area contributed by atoms with Gasteiger partial charge in [-0.1, -0.05) is 6.07 Å². The summed E-state index contributed by atoms with van der Waals surface area (Å²) in [5, 5.41) is 5.48. The summed E-state index contributed by atoms with van der Waals surface area (Å²) >= 11 is 0. The molecule has 0 saturated carbocycles. The minimum absolute atomic E-state index is 0.199. The lowest BCUT2D eigenvalue weighted by molar-refractivity contribution is -0.131. The molecule has 3 aromatic carbocycles. The Morgan fingerprint density at radius 1 is 0.706 bits per heavy atom. The van der Waals surface area contributed by atoms with Gasteiger partial charge < -0.3 is 24.8 Å². The van der Waals surface area contributed by atoms with E-state index in [2.05, 4.69) is 10.6 Å². The molecule has 9 nitrogen and oxygen atoms in total. The Hall–Kier alpha value is -4.66. The number of anilines is 2. The number of carbonyl (C=O) groups excluding carboxylic acids is 4. The maximum atomic E-state index is 12.5. The van der Waals surface area contributed by atoms with E-state index >= 15 is 0 Å². The first-order chi connectivity index (χ1) is 16.3. The summed E-state index contributed by atoms with van der Waals surface area (Å²) in [6.07, 6.45) is -0.816. The van der Waals surface area contributed by atoms with E-state index < -0.39 is 12.1 Å². The Morgan fingerprint density at radius 3 is 1.85 bits per heavy atom. The number of carbonyl (C=O) groups is 4. The van der Waals surface area contributed by atoms with Crippen molar-refractivity contribution < 1.29 is 33.4 Å². The van der Waals surface area contributed by atoms with Crippen molar-refractivity contribution in [1.82, 2.24) is 0 Å². The fourth-order valence-corrected chi connectivity index (χ4v) is 2.83. The number of esters is 1. The van der Waals surface area contributed by atoms with Crippen LogP contribution in [0.15, 0.2) is 72.8 Å². The quantitative estimate of drug-likeness (QED) is 0.298. The van der Waals surface area contributed by atoms with E-state index in [-0.39, 0.29) is 29.9 Å². The molecule has 0 atom stereocenters. The fourth-order valence-electron chi connectivity index (χ4n) is 2.83. The van der Waals surface area contributed by atoms with Crippen LogP contribution in [0.4, 0.5) is 16.2 Å². The molecule has 0 aromatic heterocycles. The van der Waals surface area contributed by atoms with E-state index in [0.29, 0.717) is 22.5 Å². The molecule has 0 saturated heterocycles. The van der Waals surface area contributed by atoms with Crippen LogP contribution in [0.25, 0.3) is 0 Å². The highest BCUT2D eigenvalue weighted by Crippen LogP contribution is 2.19. The highest BCUT2D eigenvalue weighted by molar-refractivity contribution is 6.06. The second-order valence-electron chi connectivity index (χ2n) is 6.92. The van der Waals surface area contributed by atoms with Gasteiger partial charge in [0.05, 0.1) is 6.61 Å². The molecular weight excluding hydrogens is 440 g/mol. The van der Waals surface area contributed by atoms with Gasteiger partial charge in [0.15, 0.2) is 0 Å². The van der Waals surface area contributed by atoms with Crippen molar-refractivity contribution in [2.45, 2.75) is 13.8 Å². The highest BCUT2D eigenvalue weighted by Gasteiger charge is 2.11. The molecule has 0 heterocycles. The van der Waals surface area contributed by atoms with Crippen LogP contribution in [-0.4, -0.2) is 30.5 Å². The van der Waals surface area contributed by atoms with Gasteiger partial charge in [0.25, 0.3) is 11.8 Å². The Bertz CT molecular complexity index is 1190. The number of rotatable bonds is 7. The van der Waals surface area contributed by atoms with Crippen LogP contribution < -0.4 is 20.1 Å². The van der Waals surface area contributed by atoms with E-state index in [0.717, 1.165) is 0 Å². The van der Waals surface area contributed by atoms with E-state index in [9.17, 15) is 19.2 Å². The topological polar surface area (TPSA) is 120 Å². The van der Waals surface area contributed by atoms with E-state index in [1.807, 2.05) is 0 Å². The van der Waals surface area contributed by atoms with Gasteiger partial charge in [-0.05, 0) is 73.7 Å². The summed E-state index contributed by atoms with van der Waals surface area (Å²) in [5.74, 6) is -0.680. The number of benzene rings is 3. The Morgan fingerprint density at radius 2 is 1.29 bits per heavy atom. The second-order valence-corrected chi connectivity index (χ2v) is 6.92. The lowest BCUT2D eigenvalue weighted by Crippen LogP contribution is -2.14. The van der Waals surface area contributed by atoms with E-state index in [1.165, 1.54) is 37.3 Å². The summed E-state index contributed by atoms with van der Waals surface area (Å²) in [4.78, 5) is 47.3. The number of hydrogen-bond donors (Lipinski definition) is 2. The SMILES string of the molecule is CCOC(=O)Oc1ccc(C(=O)Nc2ccc(NC(=O)c3cccc(OC(C)=O)c3)cc2)cc1. The van der Waals surface area contributed by atoms with Gasteiger partial charge in [0, 0.05) is 29.4 Å². The number of amides is 2. The molecule has 0 aliphatic carbocycles. The van der Waals surface area contributed by atoms with Crippen LogP contribution in [0, 0.1) is 0 Å². The summed E-state index contributed by atoms with van der Waals surface area (Å²) in [6, 6.07) is 18.8. The van der Waals surface area contributed by atoms with Gasteiger partial charge in [-0.3, -0.25) is 14.4 Å². The van der Waals surface area contributed by atoms with Crippen LogP contribution in [0.5, 0.6) is 11.5 Å². The van der Waals surface area contributed by atoms with Crippen molar-refractivity contribution in [3.8, 4) is 11.5 Å². The number of hydrogen-bond acceptors (Lipinski definition) is 7. The highest BCUT2D eigenvalue weighted by atomic mass is 16.7. The normalized spacial score (nSPS) is 10.1. The van der Waals surface area contributed by atoms with Gasteiger partial charge in [-0.25, -0.2) is 4.79 Å². The smallest absolute Gasteiger partial charge is 0.434 e. The molecule has 0 spiro atoms. The van der Waals surface area contributed by atoms with Crippen molar-refractivity contribution in [3.63, 3.8) is 0 Å². The molecule has 174 valence electrons. The van der Waals surface area contributed by atoms with Crippen molar-refractivity contribution >= 4 is 35.3 Å². The minimum atomic E-state index is -0.816. The average Bonchev–Trinajstić information content (AvgIpc) is 2.80. The fraction of sp³-hybridized carbons (Fsp3) is 0.120. The molecule has 0 bridgehead atoms. The third-order valence-corrected chi connectivity index (χ3v) is 4.34. The third-order valence-electron chi connectivity index (χ3n) is 4.34. The van der Waals surface area contributed by atoms with Crippen molar-refractivity contribution in [1.29, 1.82) is 0 Å². The summed E-state index contributed by atoms with van der Waals surface area (Å²) in [7, 11) is 0. The molecule has 3 aromatic rings. The van der Waals surface area contributed by atoms with Gasteiger partial charge >= 0.3 is 12.1 Å². The molecule has 2 N–H and O–H groups in total. The molecule has 0 unspecified atom stereocenters. The first kappa shape index (κ1) is 24.0. The average molecular weight is 462 g/mol. The van der Waals surface area contributed by atoms with Gasteiger partial charge in [0.1, 0.15) is 11.5 Å². The van der Waals surface area contributed by atoms with Crippen molar-refractivity contribution in [2.75, 3.05) is 17.2 Å². The standard InChI is InChI=1S/C25H22N2O7/c1-3-32-25(31)34-21-13-7-17(8-14-21)23(29)26-19-9-11-20(12-10-19)27-24(30)18-5-4-6-22(15-18)33-16(2)28/h4-15H,3H2,1-2H3,(H,26,29)(H,27,30). The summed E-state index contributed by atoms with van der Waals surface area (Å²) < 4.78 is 14.6. The van der Waals surface area contributed by atoms with Gasteiger partial charge in [0.2, 0.25) is 0 Å². The molecule has 2 amide bonds. The minimum Gasteiger partial charge on any atom is -0.434 e. The monoisotopic (exact) mass is 462 g/mol. The summed E-state index contributed by atoms with van der Waals surface area (Å²) in [6.45, 7) is 3.15. The molecule has 9 heteroatoms. The Balaban J connectivity index is 1.57. The largest absolute Gasteiger partial charge is 0.513 e. The first-order valence-electron chi connectivity index (χ1n) is 10.3. The van der Waals surface area contributed by atoms with Crippen LogP contribution in [0.1, 0.15) is 34.6 Å². The zero-order valence-corrected chi connectivity index (χ0v) is 18.5. The lowest BCUT2D eigenvalue weighted by Gasteiger charge is -2.09. The molecule has 0 aliphatic heterocycles. The lowest BCUT2D eigenvalue weighted by atomic mass is 10.2. The predicted octanol–water partition coefficient (Wildman–Crippen LogP) is 4.65. The van der Waals surface area contributed by atoms with E-state index in [4.69, 9.17) is 14.2 Å². The maximum Gasteiger partial charge on any atom is 0.513 e. The molecule has 0 fully saturated rings. The Labute approximate surface area is 195 Å². The molecular formula is C25H22N2O7. The third kappa shape index (κ3) is 6.92. The van der Waals surface area contributed by atoms with Gasteiger partial charge in [-0.15, -0.1) is 0 Å². The maximum absolute atomic E-state index is 12.5. The van der Waals surface area contributed by atoms with Crippen LogP contribution in [0.2, 0.25) is 0 Å². The molecule has 0 aliphatic rings. The van der Waals surface area contributed by atoms with Crippen LogP contribution in [0.3, 0.4) is 0 Å². The molecule has 3 rings (SSSR count). The van der Waals surface area contributed by atoms with Crippen LogP contribution in [-0.2, 0) is 9.53 Å². The number of ether oxygens (including phenoxy) is 3. The van der Waals surface area contributed by atoms with Crippen LogP contribution >= 0.6 is 0 Å². The van der Waals surface area contributed by atoms with E-state index in [1.54, 1.807) is 49.4 Å². The predicted molar refractivity (Wildman–Crippen MR) is 124 cm³/mol.